The van der Waals surface area contributed by atoms with Crippen molar-refractivity contribution in [2.45, 2.75) is 142 Å². The second-order valence-corrected chi connectivity index (χ2v) is 13.9. The number of hydrogen-bond acceptors (Lipinski definition) is 5. The summed E-state index contributed by atoms with van der Waals surface area (Å²) in [6.07, 6.45) is 13.6. The third-order valence-corrected chi connectivity index (χ3v) is 8.35. The number of thioether (sulfide) groups is 1. The van der Waals surface area contributed by atoms with Crippen LogP contribution in [0.25, 0.3) is 0 Å². The molecular weight excluding hydrogens is 546 g/mol. The molecule has 2 rings (SSSR count). The summed E-state index contributed by atoms with van der Waals surface area (Å²) in [6, 6.07) is 4.70. The van der Waals surface area contributed by atoms with Crippen LogP contribution < -0.4 is 10.6 Å². The van der Waals surface area contributed by atoms with Crippen LogP contribution in [0.2, 0.25) is 0 Å². The highest BCUT2D eigenvalue weighted by Crippen LogP contribution is 2.28. The van der Waals surface area contributed by atoms with E-state index in [0.29, 0.717) is 18.7 Å². The summed E-state index contributed by atoms with van der Waals surface area (Å²) in [5.41, 5.74) is 2.24. The Morgan fingerprint density at radius 3 is 2.19 bits per heavy atom. The minimum atomic E-state index is -0.789. The maximum absolute atomic E-state index is 14.5. The molecule has 1 saturated carbocycles. The monoisotopic (exact) mass is 603 g/mol. The van der Waals surface area contributed by atoms with Gasteiger partial charge >= 0.3 is 6.09 Å². The molecule has 2 N–H and O–H groups in total. The van der Waals surface area contributed by atoms with Crippen molar-refractivity contribution in [1.82, 2.24) is 15.5 Å². The van der Waals surface area contributed by atoms with Crippen molar-refractivity contribution in [2.75, 3.05) is 18.6 Å². The molecule has 0 heterocycles. The van der Waals surface area contributed by atoms with Gasteiger partial charge in [0, 0.05) is 12.6 Å². The molecule has 0 saturated heterocycles. The van der Waals surface area contributed by atoms with Gasteiger partial charge in [0.25, 0.3) is 0 Å². The molecule has 1 aromatic carbocycles. The molecule has 2 unspecified atom stereocenters. The van der Waals surface area contributed by atoms with Crippen molar-refractivity contribution in [2.24, 2.45) is 0 Å². The molecule has 0 radical (unpaired) electrons. The molecule has 1 aliphatic rings. The van der Waals surface area contributed by atoms with E-state index in [9.17, 15) is 14.4 Å². The number of nitrogens with one attached hydrogen (secondary N) is 2. The highest BCUT2D eigenvalue weighted by molar-refractivity contribution is 7.98. The Bertz CT molecular complexity index is 967. The molecule has 0 aliphatic heterocycles. The Balaban J connectivity index is 2.47. The average Bonchev–Trinajstić information content (AvgIpc) is 2.90. The predicted molar refractivity (Wildman–Crippen MR) is 175 cm³/mol. The first-order valence-electron chi connectivity index (χ1n) is 16.1. The van der Waals surface area contributed by atoms with Gasteiger partial charge in [-0.3, -0.25) is 9.59 Å². The molecular formula is C34H57N3O4S. The summed E-state index contributed by atoms with van der Waals surface area (Å²) in [5.74, 6) is 0.332. The van der Waals surface area contributed by atoms with E-state index in [1.54, 1.807) is 16.7 Å². The maximum atomic E-state index is 14.5. The van der Waals surface area contributed by atoms with Gasteiger partial charge in [-0.05, 0) is 77.9 Å². The highest BCUT2D eigenvalue weighted by Gasteiger charge is 2.37. The van der Waals surface area contributed by atoms with Crippen LogP contribution in [0.1, 0.15) is 127 Å². The van der Waals surface area contributed by atoms with Crippen molar-refractivity contribution >= 4 is 29.7 Å². The Morgan fingerprint density at radius 1 is 0.976 bits per heavy atom. The third-order valence-electron chi connectivity index (χ3n) is 7.71. The van der Waals surface area contributed by atoms with Crippen LogP contribution in [0.15, 0.2) is 18.2 Å². The molecule has 0 aromatic heterocycles. The van der Waals surface area contributed by atoms with Gasteiger partial charge in [-0.1, -0.05) is 87.6 Å². The Kier molecular flexibility index (Phi) is 15.8. The van der Waals surface area contributed by atoms with Crippen molar-refractivity contribution < 1.29 is 19.1 Å². The fourth-order valence-electron chi connectivity index (χ4n) is 5.74. The van der Waals surface area contributed by atoms with Crippen LogP contribution in [0.5, 0.6) is 0 Å². The van der Waals surface area contributed by atoms with Gasteiger partial charge in [0.15, 0.2) is 0 Å². The standard InChI is InChI=1S/C34H57N3O4S/c1-8-9-10-11-12-16-20-37(32(39)29(19-21-42-7)36-33(40)41-34(4,5)6)30(27-23-25(2)22-26(3)24-27)31(38)35-28-17-14-13-15-18-28/h22-24,28-30H,8-21H2,1-7H3,(H,35,38)(H,36,40). The lowest BCUT2D eigenvalue weighted by atomic mass is 9.94. The predicted octanol–water partition coefficient (Wildman–Crippen LogP) is 7.63. The van der Waals surface area contributed by atoms with Crippen molar-refractivity contribution in [3.8, 4) is 0 Å². The smallest absolute Gasteiger partial charge is 0.408 e. The third kappa shape index (κ3) is 13.0. The fraction of sp³-hybridized carbons (Fsp3) is 0.735. The first-order chi connectivity index (χ1) is 19.9. The first kappa shape index (κ1) is 36.0. The lowest BCUT2D eigenvalue weighted by Gasteiger charge is -2.36. The Labute approximate surface area is 259 Å². The second kappa shape index (κ2) is 18.4. The van der Waals surface area contributed by atoms with E-state index >= 15 is 0 Å². The number of carbonyl (C=O) groups excluding carboxylic acids is 3. The molecule has 1 aliphatic carbocycles. The van der Waals surface area contributed by atoms with E-state index in [2.05, 4.69) is 23.6 Å². The van der Waals surface area contributed by atoms with E-state index in [1.165, 1.54) is 25.7 Å². The number of benzene rings is 1. The van der Waals surface area contributed by atoms with Gasteiger partial charge in [0.05, 0.1) is 0 Å². The van der Waals surface area contributed by atoms with Crippen molar-refractivity contribution in [3.05, 3.63) is 34.9 Å². The largest absolute Gasteiger partial charge is 0.444 e. The van der Waals surface area contributed by atoms with Gasteiger partial charge in [0.2, 0.25) is 11.8 Å². The summed E-state index contributed by atoms with van der Waals surface area (Å²) in [5, 5.41) is 6.17. The fourth-order valence-corrected chi connectivity index (χ4v) is 6.21. The second-order valence-electron chi connectivity index (χ2n) is 12.9. The minimum absolute atomic E-state index is 0.123. The SMILES string of the molecule is CCCCCCCCN(C(=O)C(CCSC)NC(=O)OC(C)(C)C)C(C(=O)NC1CCCCC1)c1cc(C)cc(C)c1. The lowest BCUT2D eigenvalue weighted by molar-refractivity contribution is -0.143. The number of hydrogen-bond donors (Lipinski definition) is 2. The van der Waals surface area contributed by atoms with Gasteiger partial charge < -0.3 is 20.3 Å². The number of ether oxygens (including phenoxy) is 1. The summed E-state index contributed by atoms with van der Waals surface area (Å²) >= 11 is 1.62. The van der Waals surface area contributed by atoms with Crippen LogP contribution >= 0.6 is 11.8 Å². The quantitative estimate of drug-likeness (QED) is 0.190. The number of nitrogens with zero attached hydrogens (tertiary/aromatic N) is 1. The maximum Gasteiger partial charge on any atom is 0.408 e. The van der Waals surface area contributed by atoms with E-state index in [1.807, 2.05) is 53.0 Å². The van der Waals surface area contributed by atoms with E-state index in [4.69, 9.17) is 4.74 Å². The zero-order chi connectivity index (χ0) is 31.1. The lowest BCUT2D eigenvalue weighted by Crippen LogP contribution is -2.54. The number of rotatable bonds is 16. The highest BCUT2D eigenvalue weighted by atomic mass is 32.2. The van der Waals surface area contributed by atoms with E-state index < -0.39 is 23.8 Å². The Hall–Kier alpha value is -2.22. The van der Waals surface area contributed by atoms with Gasteiger partial charge in [-0.15, -0.1) is 0 Å². The summed E-state index contributed by atoms with van der Waals surface area (Å²) in [7, 11) is 0. The Morgan fingerprint density at radius 2 is 1.60 bits per heavy atom. The van der Waals surface area contributed by atoms with E-state index in [-0.39, 0.29) is 17.9 Å². The summed E-state index contributed by atoms with van der Waals surface area (Å²) < 4.78 is 5.53. The molecule has 42 heavy (non-hydrogen) atoms. The number of amides is 3. The van der Waals surface area contributed by atoms with E-state index in [0.717, 1.165) is 61.6 Å². The summed E-state index contributed by atoms with van der Waals surface area (Å²) in [4.78, 5) is 43.2. The van der Waals surface area contributed by atoms with Crippen LogP contribution in [-0.4, -0.2) is 59.0 Å². The van der Waals surface area contributed by atoms with Gasteiger partial charge in [-0.2, -0.15) is 11.8 Å². The molecule has 0 bridgehead atoms. The van der Waals surface area contributed by atoms with Crippen molar-refractivity contribution in [3.63, 3.8) is 0 Å². The number of unbranched alkanes of at least 4 members (excludes halogenated alkanes) is 5. The minimum Gasteiger partial charge on any atom is -0.444 e. The van der Waals surface area contributed by atoms with Gasteiger partial charge in [0.1, 0.15) is 17.7 Å². The van der Waals surface area contributed by atoms with Crippen LogP contribution in [0.4, 0.5) is 4.79 Å². The molecule has 0 spiro atoms. The molecule has 8 heteroatoms. The molecule has 1 fully saturated rings. The zero-order valence-electron chi connectivity index (χ0n) is 27.4. The average molecular weight is 604 g/mol. The summed E-state index contributed by atoms with van der Waals surface area (Å²) in [6.45, 7) is 12.1. The van der Waals surface area contributed by atoms with Crippen LogP contribution in [-0.2, 0) is 14.3 Å². The number of aryl methyl sites for hydroxylation is 2. The number of carbonyl (C=O) groups is 3. The zero-order valence-corrected chi connectivity index (χ0v) is 28.2. The molecule has 7 nitrogen and oxygen atoms in total. The van der Waals surface area contributed by atoms with Crippen LogP contribution in [0, 0.1) is 13.8 Å². The van der Waals surface area contributed by atoms with Crippen molar-refractivity contribution in [1.29, 1.82) is 0 Å². The van der Waals surface area contributed by atoms with Crippen LogP contribution in [0.3, 0.4) is 0 Å². The molecule has 238 valence electrons. The van der Waals surface area contributed by atoms with Gasteiger partial charge in [-0.25, -0.2) is 4.79 Å². The first-order valence-corrected chi connectivity index (χ1v) is 17.5. The molecule has 2 atom stereocenters. The normalized spacial score (nSPS) is 15.5. The molecule has 1 aromatic rings. The topological polar surface area (TPSA) is 87.7 Å². The number of alkyl carbamates (subject to hydrolysis) is 1. The molecule has 3 amide bonds.